The molecule has 0 fully saturated rings. The molecule has 2 aromatic rings. The zero-order valence-corrected chi connectivity index (χ0v) is 11.2. The molecule has 1 aromatic heterocycles. The molecule has 0 aliphatic rings. The molecule has 0 aliphatic heterocycles. The molecule has 0 atom stereocenters. The number of rotatable bonds is 4. The van der Waals surface area contributed by atoms with Crippen LogP contribution in [0.15, 0.2) is 30.5 Å². The quantitative estimate of drug-likeness (QED) is 0.898. The Bertz CT molecular complexity index is 505. The van der Waals surface area contributed by atoms with Crippen molar-refractivity contribution in [1.29, 1.82) is 0 Å². The highest BCUT2D eigenvalue weighted by atomic mass is 15.4. The fraction of sp³-hybridized carbons (Fsp3) is 0.429. The molecule has 0 amide bonds. The summed E-state index contributed by atoms with van der Waals surface area (Å²) in [4.78, 5) is 0. The molecule has 0 aliphatic carbocycles. The van der Waals surface area contributed by atoms with Crippen LogP contribution in [0.4, 0.5) is 0 Å². The number of aromatic nitrogens is 3. The van der Waals surface area contributed by atoms with Crippen LogP contribution in [0.5, 0.6) is 0 Å². The van der Waals surface area contributed by atoms with E-state index in [0.29, 0.717) is 0 Å². The van der Waals surface area contributed by atoms with E-state index in [0.717, 1.165) is 24.2 Å². The van der Waals surface area contributed by atoms with Gasteiger partial charge in [-0.05, 0) is 38.0 Å². The number of nitrogens with two attached hydrogens (primary N) is 1. The molecule has 0 saturated heterocycles. The minimum absolute atomic E-state index is 0.458. The van der Waals surface area contributed by atoms with E-state index in [9.17, 15) is 0 Å². The standard InChI is InChI=1S/C14H20N4/c1-4-5-11-6-8-12(9-7-11)18-10-13(16-17-18)14(2,3)15/h6-10H,4-5,15H2,1-3H3. The molecule has 0 spiro atoms. The van der Waals surface area contributed by atoms with Gasteiger partial charge >= 0.3 is 0 Å². The van der Waals surface area contributed by atoms with Gasteiger partial charge in [-0.15, -0.1) is 5.10 Å². The van der Waals surface area contributed by atoms with Gasteiger partial charge in [0.05, 0.1) is 17.4 Å². The van der Waals surface area contributed by atoms with Gasteiger partial charge in [0.15, 0.2) is 0 Å². The first kappa shape index (κ1) is 12.8. The Labute approximate surface area is 108 Å². The first-order chi connectivity index (χ1) is 8.50. The van der Waals surface area contributed by atoms with Crippen LogP contribution >= 0.6 is 0 Å². The van der Waals surface area contributed by atoms with Crippen LogP contribution < -0.4 is 5.73 Å². The van der Waals surface area contributed by atoms with Crippen LogP contribution in [0, 0.1) is 0 Å². The normalized spacial score (nSPS) is 11.8. The smallest absolute Gasteiger partial charge is 0.102 e. The molecule has 4 nitrogen and oxygen atoms in total. The van der Waals surface area contributed by atoms with Gasteiger partial charge in [-0.2, -0.15) is 0 Å². The van der Waals surface area contributed by atoms with E-state index in [4.69, 9.17) is 5.73 Å². The fourth-order valence-electron chi connectivity index (χ4n) is 1.79. The van der Waals surface area contributed by atoms with Gasteiger partial charge in [0.25, 0.3) is 0 Å². The second-order valence-electron chi connectivity index (χ2n) is 5.19. The third kappa shape index (κ3) is 2.76. The molecule has 18 heavy (non-hydrogen) atoms. The molecule has 2 N–H and O–H groups in total. The predicted octanol–water partition coefficient (Wildman–Crippen LogP) is 2.41. The molecule has 4 heteroatoms. The summed E-state index contributed by atoms with van der Waals surface area (Å²) in [5, 5.41) is 8.23. The summed E-state index contributed by atoms with van der Waals surface area (Å²) in [6.07, 6.45) is 4.15. The largest absolute Gasteiger partial charge is 0.320 e. The lowest BCUT2D eigenvalue weighted by Gasteiger charge is -2.13. The third-order valence-electron chi connectivity index (χ3n) is 2.89. The van der Waals surface area contributed by atoms with E-state index in [1.54, 1.807) is 4.68 Å². The van der Waals surface area contributed by atoms with E-state index >= 15 is 0 Å². The van der Waals surface area contributed by atoms with Crippen molar-refractivity contribution in [1.82, 2.24) is 15.0 Å². The molecule has 2 rings (SSSR count). The molecule has 0 saturated carbocycles. The van der Waals surface area contributed by atoms with E-state index < -0.39 is 5.54 Å². The Balaban J connectivity index is 2.23. The lowest BCUT2D eigenvalue weighted by Crippen LogP contribution is -2.29. The maximum atomic E-state index is 6.00. The average molecular weight is 244 g/mol. The van der Waals surface area contributed by atoms with Crippen molar-refractivity contribution < 1.29 is 0 Å². The molecule has 1 heterocycles. The van der Waals surface area contributed by atoms with Crippen molar-refractivity contribution in [2.75, 3.05) is 0 Å². The highest BCUT2D eigenvalue weighted by Crippen LogP contribution is 2.15. The molecule has 0 radical (unpaired) electrons. The van der Waals surface area contributed by atoms with Crippen molar-refractivity contribution in [3.8, 4) is 5.69 Å². The average Bonchev–Trinajstić information content (AvgIpc) is 2.79. The van der Waals surface area contributed by atoms with Crippen molar-refractivity contribution >= 4 is 0 Å². The van der Waals surface area contributed by atoms with Gasteiger partial charge in [-0.25, -0.2) is 4.68 Å². The molecular weight excluding hydrogens is 224 g/mol. The summed E-state index contributed by atoms with van der Waals surface area (Å²) in [6, 6.07) is 8.39. The SMILES string of the molecule is CCCc1ccc(-n2cc(C(C)(C)N)nn2)cc1. The van der Waals surface area contributed by atoms with Crippen molar-refractivity contribution in [2.45, 2.75) is 39.2 Å². The maximum Gasteiger partial charge on any atom is 0.102 e. The number of hydrogen-bond donors (Lipinski definition) is 1. The van der Waals surface area contributed by atoms with E-state index in [1.807, 2.05) is 20.0 Å². The molecule has 96 valence electrons. The molecular formula is C14H20N4. The van der Waals surface area contributed by atoms with E-state index in [2.05, 4.69) is 41.5 Å². The first-order valence-electron chi connectivity index (χ1n) is 6.31. The highest BCUT2D eigenvalue weighted by Gasteiger charge is 2.18. The summed E-state index contributed by atoms with van der Waals surface area (Å²) >= 11 is 0. The van der Waals surface area contributed by atoms with Crippen LogP contribution in [0.1, 0.15) is 38.4 Å². The molecule has 1 aromatic carbocycles. The second kappa shape index (κ2) is 4.90. The Morgan fingerprint density at radius 2 is 1.89 bits per heavy atom. The van der Waals surface area contributed by atoms with Crippen LogP contribution in [0.2, 0.25) is 0 Å². The van der Waals surface area contributed by atoms with Crippen molar-refractivity contribution in [3.63, 3.8) is 0 Å². The summed E-state index contributed by atoms with van der Waals surface area (Å²) in [5.41, 5.74) is 8.69. The minimum Gasteiger partial charge on any atom is -0.320 e. The van der Waals surface area contributed by atoms with Gasteiger partial charge in [0.1, 0.15) is 5.69 Å². The molecule has 0 unspecified atom stereocenters. The van der Waals surface area contributed by atoms with E-state index in [-0.39, 0.29) is 0 Å². The lowest BCUT2D eigenvalue weighted by atomic mass is 10.0. The second-order valence-corrected chi connectivity index (χ2v) is 5.19. The lowest BCUT2D eigenvalue weighted by molar-refractivity contribution is 0.533. The fourth-order valence-corrected chi connectivity index (χ4v) is 1.79. The monoisotopic (exact) mass is 244 g/mol. The van der Waals surface area contributed by atoms with Crippen LogP contribution in [-0.4, -0.2) is 15.0 Å². The summed E-state index contributed by atoms with van der Waals surface area (Å²) in [7, 11) is 0. The van der Waals surface area contributed by atoms with Gasteiger partial charge < -0.3 is 5.73 Å². The van der Waals surface area contributed by atoms with Crippen LogP contribution in [0.25, 0.3) is 5.69 Å². The minimum atomic E-state index is -0.458. The summed E-state index contributed by atoms with van der Waals surface area (Å²) in [5.74, 6) is 0. The Morgan fingerprint density at radius 1 is 1.22 bits per heavy atom. The third-order valence-corrected chi connectivity index (χ3v) is 2.89. The Morgan fingerprint density at radius 3 is 2.39 bits per heavy atom. The van der Waals surface area contributed by atoms with Crippen LogP contribution in [0.3, 0.4) is 0 Å². The highest BCUT2D eigenvalue weighted by molar-refractivity contribution is 5.34. The van der Waals surface area contributed by atoms with Gasteiger partial charge in [-0.3, -0.25) is 0 Å². The number of aryl methyl sites for hydroxylation is 1. The topological polar surface area (TPSA) is 56.7 Å². The maximum absolute atomic E-state index is 6.00. The van der Waals surface area contributed by atoms with Gasteiger partial charge in [0.2, 0.25) is 0 Å². The van der Waals surface area contributed by atoms with Crippen LogP contribution in [-0.2, 0) is 12.0 Å². The first-order valence-corrected chi connectivity index (χ1v) is 6.31. The number of benzene rings is 1. The number of hydrogen-bond acceptors (Lipinski definition) is 3. The van der Waals surface area contributed by atoms with Crippen molar-refractivity contribution in [2.24, 2.45) is 5.73 Å². The number of nitrogens with zero attached hydrogens (tertiary/aromatic N) is 3. The van der Waals surface area contributed by atoms with E-state index in [1.165, 1.54) is 5.56 Å². The Kier molecular flexibility index (Phi) is 3.48. The van der Waals surface area contributed by atoms with Gasteiger partial charge in [0, 0.05) is 0 Å². The van der Waals surface area contributed by atoms with Crippen molar-refractivity contribution in [3.05, 3.63) is 41.7 Å². The summed E-state index contributed by atoms with van der Waals surface area (Å²) < 4.78 is 1.76. The zero-order valence-electron chi connectivity index (χ0n) is 11.2. The van der Waals surface area contributed by atoms with Gasteiger partial charge in [-0.1, -0.05) is 30.7 Å². The predicted molar refractivity (Wildman–Crippen MR) is 72.6 cm³/mol. The molecule has 0 bridgehead atoms. The Hall–Kier alpha value is -1.68. The zero-order chi connectivity index (χ0) is 13.2. The summed E-state index contributed by atoms with van der Waals surface area (Å²) in [6.45, 7) is 6.03.